The molecule has 2 aromatic carbocycles. The fraction of sp³-hybridized carbons (Fsp3) is 0.375. The Morgan fingerprint density at radius 1 is 0.974 bits per heavy atom. The number of aliphatic carboxylic acids is 1. The summed E-state index contributed by atoms with van der Waals surface area (Å²) in [5, 5.41) is 19.3. The minimum Gasteiger partial charge on any atom is -0.478 e. The Kier molecular flexibility index (Phi) is 10.7. The van der Waals surface area contributed by atoms with Gasteiger partial charge < -0.3 is 20.4 Å². The van der Waals surface area contributed by atoms with Crippen LogP contribution in [0.25, 0.3) is 0 Å². The van der Waals surface area contributed by atoms with E-state index in [9.17, 15) is 36.3 Å². The molecule has 4 N–H and O–H groups in total. The number of benzene rings is 2. The van der Waals surface area contributed by atoms with Crippen molar-refractivity contribution in [3.05, 3.63) is 53.6 Å². The lowest BCUT2D eigenvalue weighted by molar-refractivity contribution is -0.192. The van der Waals surface area contributed by atoms with Gasteiger partial charge >= 0.3 is 18.1 Å². The molecule has 0 aliphatic carbocycles. The lowest BCUT2D eigenvalue weighted by Gasteiger charge is -2.36. The van der Waals surface area contributed by atoms with Crippen LogP contribution in [0.15, 0.2) is 42.5 Å². The van der Waals surface area contributed by atoms with Crippen molar-refractivity contribution in [2.24, 2.45) is 0 Å². The highest BCUT2D eigenvalue weighted by atomic mass is 32.2. The predicted molar refractivity (Wildman–Crippen MR) is 139 cm³/mol. The highest BCUT2D eigenvalue weighted by Crippen LogP contribution is 2.29. The van der Waals surface area contributed by atoms with E-state index in [1.165, 1.54) is 19.1 Å². The van der Waals surface area contributed by atoms with Crippen LogP contribution >= 0.6 is 0 Å². The summed E-state index contributed by atoms with van der Waals surface area (Å²) in [4.78, 5) is 36.6. The number of sulfonamides is 1. The van der Waals surface area contributed by atoms with Crippen LogP contribution in [0.5, 0.6) is 0 Å². The number of hydrogen-bond acceptors (Lipinski definition) is 7. The number of rotatable bonds is 8. The number of carbonyl (C=O) groups is 3. The molecular weight excluding hydrogens is 545 g/mol. The van der Waals surface area contributed by atoms with E-state index in [2.05, 4.69) is 10.0 Å². The van der Waals surface area contributed by atoms with Crippen molar-refractivity contribution < 1.29 is 46.2 Å². The number of aryl methyl sites for hydroxylation is 1. The van der Waals surface area contributed by atoms with Crippen molar-refractivity contribution in [2.45, 2.75) is 20.0 Å². The van der Waals surface area contributed by atoms with Crippen molar-refractivity contribution >= 4 is 44.9 Å². The highest BCUT2D eigenvalue weighted by Gasteiger charge is 2.38. The van der Waals surface area contributed by atoms with E-state index >= 15 is 0 Å². The number of carboxylic acids is 2. The minimum absolute atomic E-state index is 0.00830. The normalized spacial score (nSPS) is 14.1. The number of piperazine rings is 1. The maximum Gasteiger partial charge on any atom is 0.490 e. The molecule has 3 rings (SSSR count). The number of hydrogen-bond donors (Lipinski definition) is 4. The summed E-state index contributed by atoms with van der Waals surface area (Å²) in [6.45, 7) is 6.14. The first-order valence-electron chi connectivity index (χ1n) is 11.6. The summed E-state index contributed by atoms with van der Waals surface area (Å²) in [6.07, 6.45) is -5.08. The quantitative estimate of drug-likeness (QED) is 0.372. The Hall–Kier alpha value is -3.85. The lowest BCUT2D eigenvalue weighted by atomic mass is 10.1. The molecule has 0 radical (unpaired) electrons. The molecule has 1 amide bonds. The van der Waals surface area contributed by atoms with Gasteiger partial charge in [0.05, 0.1) is 29.2 Å². The van der Waals surface area contributed by atoms with Gasteiger partial charge in [0.15, 0.2) is 0 Å². The first-order chi connectivity index (χ1) is 18.1. The highest BCUT2D eigenvalue weighted by molar-refractivity contribution is 7.92. The molecule has 1 saturated heterocycles. The largest absolute Gasteiger partial charge is 0.490 e. The molecule has 0 saturated carbocycles. The second-order valence-corrected chi connectivity index (χ2v) is 10.5. The number of anilines is 3. The zero-order valence-corrected chi connectivity index (χ0v) is 22.0. The first-order valence-corrected chi connectivity index (χ1v) is 13.3. The van der Waals surface area contributed by atoms with E-state index in [1.54, 1.807) is 6.07 Å². The van der Waals surface area contributed by atoms with Crippen LogP contribution in [-0.4, -0.2) is 86.0 Å². The zero-order valence-electron chi connectivity index (χ0n) is 21.2. The van der Waals surface area contributed by atoms with Crippen molar-refractivity contribution in [1.29, 1.82) is 0 Å². The van der Waals surface area contributed by atoms with Crippen molar-refractivity contribution in [3.8, 4) is 0 Å². The van der Waals surface area contributed by atoms with Gasteiger partial charge in [0.25, 0.3) is 0 Å². The predicted octanol–water partition coefficient (Wildman–Crippen LogP) is 2.85. The van der Waals surface area contributed by atoms with E-state index in [-0.39, 0.29) is 29.5 Å². The third-order valence-electron chi connectivity index (χ3n) is 5.55. The van der Waals surface area contributed by atoms with E-state index in [0.717, 1.165) is 11.3 Å². The molecular formula is C24H29F3N4O7S. The van der Waals surface area contributed by atoms with Crippen LogP contribution in [0.3, 0.4) is 0 Å². The van der Waals surface area contributed by atoms with Crippen molar-refractivity contribution in [3.63, 3.8) is 0 Å². The molecule has 2 aromatic rings. The van der Waals surface area contributed by atoms with Gasteiger partial charge in [-0.2, -0.15) is 13.2 Å². The van der Waals surface area contributed by atoms with Gasteiger partial charge in [0.2, 0.25) is 15.9 Å². The lowest BCUT2D eigenvalue weighted by Crippen LogP contribution is -2.48. The number of aromatic carboxylic acids is 1. The number of carbonyl (C=O) groups excluding carboxylic acids is 1. The molecule has 39 heavy (non-hydrogen) atoms. The number of alkyl halides is 3. The molecule has 0 unspecified atom stereocenters. The third kappa shape index (κ3) is 10.1. The van der Waals surface area contributed by atoms with E-state index in [4.69, 9.17) is 9.90 Å². The van der Waals surface area contributed by atoms with Crippen LogP contribution in [0, 0.1) is 6.92 Å². The number of carboxylic acid groups (broad SMARTS) is 2. The fourth-order valence-electron chi connectivity index (χ4n) is 3.45. The van der Waals surface area contributed by atoms with Gasteiger partial charge in [0, 0.05) is 31.9 Å². The van der Waals surface area contributed by atoms with Crippen LogP contribution < -0.4 is 14.9 Å². The number of amides is 1. The Labute approximate surface area is 223 Å². The van der Waals surface area contributed by atoms with E-state index in [0.29, 0.717) is 31.9 Å². The molecule has 0 bridgehead atoms. The SMILES string of the molecule is CCS(=O)(=O)Nc1cc(C(=O)O)ccc1N1CCN(CC(=O)Nc2ccc(C)cc2)CC1.O=C(O)C(F)(F)F. The molecule has 0 atom stereocenters. The molecule has 1 aliphatic rings. The Morgan fingerprint density at radius 2 is 1.54 bits per heavy atom. The number of nitrogens with zero attached hydrogens (tertiary/aromatic N) is 2. The van der Waals surface area contributed by atoms with Crippen molar-refractivity contribution in [2.75, 3.05) is 53.4 Å². The van der Waals surface area contributed by atoms with E-state index < -0.39 is 28.1 Å². The van der Waals surface area contributed by atoms with Gasteiger partial charge in [-0.15, -0.1) is 0 Å². The molecule has 1 aliphatic heterocycles. The standard InChI is InChI=1S/C22H28N4O5S.C2HF3O2/c1-3-32(30,31)24-19-14-17(22(28)29)6-9-20(19)26-12-10-25(11-13-26)15-21(27)23-18-7-4-16(2)5-8-18;3-2(4,5)1(6)7/h4-9,14,24H,3,10-13,15H2,1-2H3,(H,23,27)(H,28,29);(H,6,7). The van der Waals surface area contributed by atoms with Crippen LogP contribution in [0.4, 0.5) is 30.2 Å². The minimum atomic E-state index is -5.08. The first kappa shape index (κ1) is 31.4. The Bertz CT molecular complexity index is 1280. The second-order valence-electron chi connectivity index (χ2n) is 8.52. The molecule has 15 heteroatoms. The Balaban J connectivity index is 0.000000673. The van der Waals surface area contributed by atoms with Crippen molar-refractivity contribution in [1.82, 2.24) is 4.90 Å². The third-order valence-corrected chi connectivity index (χ3v) is 6.84. The maximum atomic E-state index is 12.4. The summed E-state index contributed by atoms with van der Waals surface area (Å²) >= 11 is 0. The molecule has 1 heterocycles. The topological polar surface area (TPSA) is 156 Å². The van der Waals surface area contributed by atoms with Gasteiger partial charge in [-0.1, -0.05) is 17.7 Å². The second kappa shape index (κ2) is 13.3. The summed E-state index contributed by atoms with van der Waals surface area (Å²) in [6, 6.07) is 12.0. The molecule has 214 valence electrons. The molecule has 1 fully saturated rings. The average Bonchev–Trinajstić information content (AvgIpc) is 2.85. The number of halogens is 3. The van der Waals surface area contributed by atoms with Crippen LogP contribution in [0.2, 0.25) is 0 Å². The van der Waals surface area contributed by atoms with Gasteiger partial charge in [-0.25, -0.2) is 18.0 Å². The molecule has 0 aromatic heterocycles. The van der Waals surface area contributed by atoms with Gasteiger partial charge in [-0.05, 0) is 44.2 Å². The maximum absolute atomic E-state index is 12.4. The summed E-state index contributed by atoms with van der Waals surface area (Å²) in [7, 11) is -3.57. The molecule has 11 nitrogen and oxygen atoms in total. The number of nitrogens with one attached hydrogen (secondary N) is 2. The smallest absolute Gasteiger partial charge is 0.478 e. The summed E-state index contributed by atoms with van der Waals surface area (Å²) < 4.78 is 58.4. The average molecular weight is 575 g/mol. The summed E-state index contributed by atoms with van der Waals surface area (Å²) in [5.41, 5.74) is 2.75. The van der Waals surface area contributed by atoms with Gasteiger partial charge in [-0.3, -0.25) is 14.4 Å². The van der Waals surface area contributed by atoms with Crippen LogP contribution in [0.1, 0.15) is 22.8 Å². The van der Waals surface area contributed by atoms with Crippen LogP contribution in [-0.2, 0) is 19.6 Å². The summed E-state index contributed by atoms with van der Waals surface area (Å²) in [5.74, 6) is -4.09. The zero-order chi connectivity index (χ0) is 29.4. The van der Waals surface area contributed by atoms with E-state index in [1.807, 2.05) is 41.0 Å². The Morgan fingerprint density at radius 3 is 2.03 bits per heavy atom. The fourth-order valence-corrected chi connectivity index (χ4v) is 4.10. The van der Waals surface area contributed by atoms with Gasteiger partial charge in [0.1, 0.15) is 0 Å². The molecule has 0 spiro atoms. The monoisotopic (exact) mass is 574 g/mol.